The summed E-state index contributed by atoms with van der Waals surface area (Å²) >= 11 is 2.81. The average molecular weight is 333 g/mol. The van der Waals surface area contributed by atoms with Crippen molar-refractivity contribution in [3.63, 3.8) is 0 Å². The molecule has 0 bridgehead atoms. The van der Waals surface area contributed by atoms with Gasteiger partial charge in [-0.15, -0.1) is 0 Å². The number of hydrogen-bond donors (Lipinski definition) is 1. The average Bonchev–Trinajstić information content (AvgIpc) is 2.19. The molecule has 2 nitrogen and oxygen atoms in total. The summed E-state index contributed by atoms with van der Waals surface area (Å²) < 4.78 is 63.0. The van der Waals surface area contributed by atoms with Crippen LogP contribution in [0.15, 0.2) is 22.7 Å². The molecule has 0 atom stereocenters. The first-order valence-electron chi connectivity index (χ1n) is 4.51. The number of carboxylic acid groups (broad SMARTS) is 1. The number of benzene rings is 1. The van der Waals surface area contributed by atoms with E-state index in [-0.39, 0.29) is 4.47 Å². The van der Waals surface area contributed by atoms with Gasteiger partial charge in [-0.25, -0.2) is 4.79 Å². The van der Waals surface area contributed by atoms with Crippen LogP contribution in [0.1, 0.15) is 11.1 Å². The minimum Gasteiger partial charge on any atom is -0.477 e. The van der Waals surface area contributed by atoms with Crippen LogP contribution in [-0.4, -0.2) is 17.0 Å². The lowest BCUT2D eigenvalue weighted by Crippen LogP contribution is -2.30. The minimum absolute atomic E-state index is 0.00331. The molecule has 8 heteroatoms. The highest BCUT2D eigenvalue weighted by Gasteiger charge is 2.40. The number of carboxylic acids is 1. The fourth-order valence-electron chi connectivity index (χ4n) is 1.20. The second-order valence-corrected chi connectivity index (χ2v) is 4.34. The predicted molar refractivity (Wildman–Crippen MR) is 55.4 cm³/mol. The maximum atomic E-state index is 12.9. The molecule has 1 aromatic carbocycles. The SMILES string of the molecule is O=C(O)C(F)(F)Cc1cc(C(F)(F)F)ccc1Br. The van der Waals surface area contributed by atoms with Crippen molar-refractivity contribution >= 4 is 21.9 Å². The molecule has 0 saturated carbocycles. The fourth-order valence-corrected chi connectivity index (χ4v) is 1.59. The molecule has 0 aliphatic carbocycles. The highest BCUT2D eigenvalue weighted by atomic mass is 79.9. The Morgan fingerprint density at radius 2 is 1.78 bits per heavy atom. The van der Waals surface area contributed by atoms with Crippen molar-refractivity contribution < 1.29 is 31.9 Å². The summed E-state index contributed by atoms with van der Waals surface area (Å²) in [7, 11) is 0. The van der Waals surface area contributed by atoms with E-state index in [0.717, 1.165) is 6.07 Å². The Labute approximate surface area is 107 Å². The van der Waals surface area contributed by atoms with Gasteiger partial charge in [0, 0.05) is 10.9 Å². The van der Waals surface area contributed by atoms with Crippen LogP contribution in [0, 0.1) is 0 Å². The van der Waals surface area contributed by atoms with Gasteiger partial charge >= 0.3 is 18.1 Å². The molecule has 1 rings (SSSR count). The van der Waals surface area contributed by atoms with Crippen LogP contribution in [0.2, 0.25) is 0 Å². The molecule has 0 fully saturated rings. The molecule has 1 aromatic rings. The lowest BCUT2D eigenvalue weighted by atomic mass is 10.0. The second kappa shape index (κ2) is 4.83. The van der Waals surface area contributed by atoms with Crippen molar-refractivity contribution in [2.24, 2.45) is 0 Å². The van der Waals surface area contributed by atoms with Crippen LogP contribution in [-0.2, 0) is 17.4 Å². The summed E-state index contributed by atoms with van der Waals surface area (Å²) in [6, 6.07) is 2.17. The van der Waals surface area contributed by atoms with Gasteiger partial charge in [0.25, 0.3) is 0 Å². The second-order valence-electron chi connectivity index (χ2n) is 3.49. The van der Waals surface area contributed by atoms with Gasteiger partial charge in [-0.05, 0) is 23.8 Å². The monoisotopic (exact) mass is 332 g/mol. The highest BCUT2D eigenvalue weighted by Crippen LogP contribution is 2.33. The van der Waals surface area contributed by atoms with Crippen LogP contribution in [0.3, 0.4) is 0 Å². The number of aliphatic carboxylic acids is 1. The first-order chi connectivity index (χ1) is 8.04. The standard InChI is InChI=1S/C10H6BrF5O2/c11-7-2-1-6(10(14,15)16)3-5(7)4-9(12,13)8(17)18/h1-3H,4H2,(H,17,18). The summed E-state index contributed by atoms with van der Waals surface area (Å²) in [6.07, 6.45) is -5.99. The summed E-state index contributed by atoms with van der Waals surface area (Å²) in [5.41, 5.74) is -1.53. The Morgan fingerprint density at radius 1 is 1.22 bits per heavy atom. The molecule has 0 unspecified atom stereocenters. The van der Waals surface area contributed by atoms with Crippen LogP contribution < -0.4 is 0 Å². The van der Waals surface area contributed by atoms with E-state index < -0.39 is 35.6 Å². The third-order valence-corrected chi connectivity index (χ3v) is 2.87. The van der Waals surface area contributed by atoms with Gasteiger partial charge in [0.2, 0.25) is 0 Å². The molecular formula is C10H6BrF5O2. The zero-order valence-electron chi connectivity index (χ0n) is 8.56. The molecule has 18 heavy (non-hydrogen) atoms. The number of rotatable bonds is 3. The Bertz CT molecular complexity index is 470. The van der Waals surface area contributed by atoms with E-state index >= 15 is 0 Å². The third kappa shape index (κ3) is 3.41. The first-order valence-corrected chi connectivity index (χ1v) is 5.30. The van der Waals surface area contributed by atoms with Crippen molar-refractivity contribution in [1.29, 1.82) is 0 Å². The fraction of sp³-hybridized carbons (Fsp3) is 0.300. The smallest absolute Gasteiger partial charge is 0.416 e. The lowest BCUT2D eigenvalue weighted by molar-refractivity contribution is -0.164. The molecule has 1 N–H and O–H groups in total. The molecule has 0 saturated heterocycles. The van der Waals surface area contributed by atoms with Gasteiger partial charge < -0.3 is 5.11 Å². The van der Waals surface area contributed by atoms with Crippen molar-refractivity contribution in [3.8, 4) is 0 Å². The van der Waals surface area contributed by atoms with E-state index in [1.165, 1.54) is 0 Å². The summed E-state index contributed by atoms with van der Waals surface area (Å²) in [6.45, 7) is 0. The first kappa shape index (κ1) is 14.9. The van der Waals surface area contributed by atoms with Crippen molar-refractivity contribution in [2.75, 3.05) is 0 Å². The molecule has 100 valence electrons. The quantitative estimate of drug-likeness (QED) is 0.856. The Balaban J connectivity index is 3.14. The normalized spacial score (nSPS) is 12.6. The molecule has 0 aromatic heterocycles. The predicted octanol–water partition coefficient (Wildman–Crippen LogP) is 3.73. The Kier molecular flexibility index (Phi) is 3.99. The van der Waals surface area contributed by atoms with Crippen LogP contribution >= 0.6 is 15.9 Å². The Hall–Kier alpha value is -1.18. The molecule has 0 heterocycles. The lowest BCUT2D eigenvalue weighted by Gasteiger charge is -2.14. The minimum atomic E-state index is -4.67. The van der Waals surface area contributed by atoms with Gasteiger partial charge in [-0.3, -0.25) is 0 Å². The van der Waals surface area contributed by atoms with Crippen molar-refractivity contribution in [1.82, 2.24) is 0 Å². The third-order valence-electron chi connectivity index (χ3n) is 2.10. The summed E-state index contributed by atoms with van der Waals surface area (Å²) in [4.78, 5) is 10.2. The largest absolute Gasteiger partial charge is 0.477 e. The van der Waals surface area contributed by atoms with E-state index in [2.05, 4.69) is 15.9 Å². The number of hydrogen-bond acceptors (Lipinski definition) is 1. The van der Waals surface area contributed by atoms with E-state index in [1.54, 1.807) is 0 Å². The molecule has 0 radical (unpaired) electrons. The molecule has 0 aliphatic rings. The van der Waals surface area contributed by atoms with Crippen LogP contribution in [0.4, 0.5) is 22.0 Å². The molecule has 0 amide bonds. The van der Waals surface area contributed by atoms with E-state index in [9.17, 15) is 26.7 Å². The maximum Gasteiger partial charge on any atom is 0.416 e. The van der Waals surface area contributed by atoms with Gasteiger partial charge in [-0.2, -0.15) is 22.0 Å². The van der Waals surface area contributed by atoms with E-state index in [4.69, 9.17) is 5.11 Å². The zero-order valence-corrected chi connectivity index (χ0v) is 10.1. The zero-order chi connectivity index (χ0) is 14.1. The van der Waals surface area contributed by atoms with E-state index in [1.807, 2.05) is 0 Å². The van der Waals surface area contributed by atoms with Crippen molar-refractivity contribution in [3.05, 3.63) is 33.8 Å². The van der Waals surface area contributed by atoms with Crippen LogP contribution in [0.25, 0.3) is 0 Å². The topological polar surface area (TPSA) is 37.3 Å². The van der Waals surface area contributed by atoms with Gasteiger partial charge in [0.1, 0.15) is 0 Å². The van der Waals surface area contributed by atoms with Gasteiger partial charge in [0.15, 0.2) is 0 Å². The number of carbonyl (C=O) groups is 1. The summed E-state index contributed by atoms with van der Waals surface area (Å²) in [5, 5.41) is 8.24. The summed E-state index contributed by atoms with van der Waals surface area (Å²) in [5.74, 6) is -6.50. The van der Waals surface area contributed by atoms with E-state index in [0.29, 0.717) is 12.1 Å². The Morgan fingerprint density at radius 3 is 2.22 bits per heavy atom. The van der Waals surface area contributed by atoms with Crippen molar-refractivity contribution in [2.45, 2.75) is 18.5 Å². The highest BCUT2D eigenvalue weighted by molar-refractivity contribution is 9.10. The number of halogens is 6. The molecule has 0 spiro atoms. The van der Waals surface area contributed by atoms with Gasteiger partial charge in [0.05, 0.1) is 5.56 Å². The van der Waals surface area contributed by atoms with Crippen LogP contribution in [0.5, 0.6) is 0 Å². The van der Waals surface area contributed by atoms with Gasteiger partial charge in [-0.1, -0.05) is 15.9 Å². The molecular weight excluding hydrogens is 327 g/mol. The maximum absolute atomic E-state index is 12.9. The molecule has 0 aliphatic heterocycles. The number of alkyl halides is 5.